The molecule has 1 rings (SSSR count). The third kappa shape index (κ3) is 5.81. The highest BCUT2D eigenvalue weighted by molar-refractivity contribution is 6.35. The van der Waals surface area contributed by atoms with E-state index in [4.69, 9.17) is 23.2 Å². The van der Waals surface area contributed by atoms with Gasteiger partial charge >= 0.3 is 0 Å². The van der Waals surface area contributed by atoms with Gasteiger partial charge in [0, 0.05) is 29.1 Å². The molecule has 0 bridgehead atoms. The van der Waals surface area contributed by atoms with Gasteiger partial charge in [0.1, 0.15) is 0 Å². The number of hydrogen-bond donors (Lipinski definition) is 2. The van der Waals surface area contributed by atoms with Gasteiger partial charge in [-0.25, -0.2) is 0 Å². The lowest BCUT2D eigenvalue weighted by Gasteiger charge is -2.12. The van der Waals surface area contributed by atoms with Gasteiger partial charge in [0.2, 0.25) is 5.91 Å². The Morgan fingerprint density at radius 3 is 2.74 bits per heavy atom. The predicted molar refractivity (Wildman–Crippen MR) is 80.9 cm³/mol. The molecule has 5 heteroatoms. The average Bonchev–Trinajstić information content (AvgIpc) is 2.38. The van der Waals surface area contributed by atoms with Gasteiger partial charge in [0.25, 0.3) is 0 Å². The van der Waals surface area contributed by atoms with Crippen molar-refractivity contribution < 1.29 is 4.79 Å². The van der Waals surface area contributed by atoms with Gasteiger partial charge in [-0.3, -0.25) is 4.79 Å². The summed E-state index contributed by atoms with van der Waals surface area (Å²) in [6.45, 7) is 6.08. The van der Waals surface area contributed by atoms with Crippen molar-refractivity contribution in [2.45, 2.75) is 20.3 Å². The Bertz CT molecular complexity index is 424. The van der Waals surface area contributed by atoms with Crippen molar-refractivity contribution in [2.75, 3.05) is 19.6 Å². The average molecular weight is 303 g/mol. The van der Waals surface area contributed by atoms with Crippen molar-refractivity contribution >= 4 is 29.1 Å². The molecule has 0 radical (unpaired) electrons. The Kier molecular flexibility index (Phi) is 7.21. The fourth-order valence-corrected chi connectivity index (χ4v) is 2.18. The predicted octanol–water partition coefficient (Wildman–Crippen LogP) is 2.90. The van der Waals surface area contributed by atoms with Crippen LogP contribution in [-0.4, -0.2) is 25.5 Å². The maximum atomic E-state index is 11.8. The van der Waals surface area contributed by atoms with Crippen LogP contribution >= 0.6 is 23.2 Å². The van der Waals surface area contributed by atoms with Crippen molar-refractivity contribution in [3.05, 3.63) is 33.8 Å². The van der Waals surface area contributed by atoms with Crippen molar-refractivity contribution in [1.82, 2.24) is 10.6 Å². The SMILES string of the molecule is CCNCC(C)C(=O)NCCc1ccc(Cl)cc1Cl. The lowest BCUT2D eigenvalue weighted by Crippen LogP contribution is -2.36. The van der Waals surface area contributed by atoms with E-state index in [1.54, 1.807) is 12.1 Å². The fourth-order valence-electron chi connectivity index (χ4n) is 1.67. The Morgan fingerprint density at radius 2 is 2.11 bits per heavy atom. The number of carbonyl (C=O) groups excluding carboxylic acids is 1. The summed E-state index contributed by atoms with van der Waals surface area (Å²) in [5, 5.41) is 7.33. The van der Waals surface area contributed by atoms with Crippen LogP contribution < -0.4 is 10.6 Å². The molecule has 106 valence electrons. The summed E-state index contributed by atoms with van der Waals surface area (Å²) < 4.78 is 0. The first-order chi connectivity index (χ1) is 9.04. The van der Waals surface area contributed by atoms with Crippen LogP contribution in [-0.2, 0) is 11.2 Å². The molecule has 1 amide bonds. The third-order valence-electron chi connectivity index (χ3n) is 2.86. The maximum absolute atomic E-state index is 11.8. The molecule has 0 saturated carbocycles. The van der Waals surface area contributed by atoms with E-state index >= 15 is 0 Å². The van der Waals surface area contributed by atoms with Gasteiger partial charge in [0.05, 0.1) is 0 Å². The molecule has 0 saturated heterocycles. The van der Waals surface area contributed by atoms with Gasteiger partial charge in [-0.2, -0.15) is 0 Å². The van der Waals surface area contributed by atoms with Crippen molar-refractivity contribution in [2.24, 2.45) is 5.92 Å². The molecule has 0 fully saturated rings. The zero-order valence-electron chi connectivity index (χ0n) is 11.3. The molecule has 0 aliphatic carbocycles. The summed E-state index contributed by atoms with van der Waals surface area (Å²) in [6.07, 6.45) is 0.704. The van der Waals surface area contributed by atoms with Crippen LogP contribution in [0.25, 0.3) is 0 Å². The zero-order chi connectivity index (χ0) is 14.3. The minimum atomic E-state index is -0.0272. The molecule has 1 atom stereocenters. The van der Waals surface area contributed by atoms with E-state index in [1.807, 2.05) is 19.9 Å². The number of hydrogen-bond acceptors (Lipinski definition) is 2. The molecule has 2 N–H and O–H groups in total. The second-order valence-electron chi connectivity index (χ2n) is 4.49. The van der Waals surface area contributed by atoms with Crippen LogP contribution in [0, 0.1) is 5.92 Å². The fraction of sp³-hybridized carbons (Fsp3) is 0.500. The van der Waals surface area contributed by atoms with Crippen molar-refractivity contribution in [1.29, 1.82) is 0 Å². The monoisotopic (exact) mass is 302 g/mol. The van der Waals surface area contributed by atoms with E-state index in [-0.39, 0.29) is 11.8 Å². The number of halogens is 2. The summed E-state index contributed by atoms with van der Waals surface area (Å²) in [6, 6.07) is 5.41. The maximum Gasteiger partial charge on any atom is 0.224 e. The van der Waals surface area contributed by atoms with E-state index in [0.29, 0.717) is 29.6 Å². The molecule has 1 unspecified atom stereocenters. The summed E-state index contributed by atoms with van der Waals surface area (Å²) in [7, 11) is 0. The number of rotatable bonds is 7. The minimum absolute atomic E-state index is 0.0272. The molecular weight excluding hydrogens is 283 g/mol. The van der Waals surface area contributed by atoms with Crippen LogP contribution in [0.15, 0.2) is 18.2 Å². The van der Waals surface area contributed by atoms with E-state index < -0.39 is 0 Å². The highest BCUT2D eigenvalue weighted by atomic mass is 35.5. The van der Waals surface area contributed by atoms with E-state index in [9.17, 15) is 4.79 Å². The van der Waals surface area contributed by atoms with E-state index in [0.717, 1.165) is 12.1 Å². The highest BCUT2D eigenvalue weighted by Gasteiger charge is 2.11. The molecule has 19 heavy (non-hydrogen) atoms. The Labute approximate surface area is 124 Å². The number of nitrogens with one attached hydrogen (secondary N) is 2. The first kappa shape index (κ1) is 16.3. The Balaban J connectivity index is 2.35. The standard InChI is InChI=1S/C14H20Cl2N2O/c1-3-17-9-10(2)14(19)18-7-6-11-4-5-12(15)8-13(11)16/h4-5,8,10,17H,3,6-7,9H2,1-2H3,(H,18,19). The topological polar surface area (TPSA) is 41.1 Å². The van der Waals surface area contributed by atoms with Crippen LogP contribution in [0.1, 0.15) is 19.4 Å². The first-order valence-electron chi connectivity index (χ1n) is 6.47. The number of benzene rings is 1. The lowest BCUT2D eigenvalue weighted by atomic mass is 10.1. The molecule has 0 spiro atoms. The van der Waals surface area contributed by atoms with Gasteiger partial charge in [-0.1, -0.05) is 43.1 Å². The normalized spacial score (nSPS) is 12.2. The molecular formula is C14H20Cl2N2O. The summed E-state index contributed by atoms with van der Waals surface area (Å²) in [5.41, 5.74) is 0.991. The summed E-state index contributed by atoms with van der Waals surface area (Å²) in [4.78, 5) is 11.8. The quantitative estimate of drug-likeness (QED) is 0.813. The van der Waals surface area contributed by atoms with Crippen molar-refractivity contribution in [3.8, 4) is 0 Å². The van der Waals surface area contributed by atoms with Gasteiger partial charge in [-0.15, -0.1) is 0 Å². The van der Waals surface area contributed by atoms with E-state index in [1.165, 1.54) is 0 Å². The summed E-state index contributed by atoms with van der Waals surface area (Å²) in [5.74, 6) is 0.0340. The van der Waals surface area contributed by atoms with Crippen LogP contribution in [0.4, 0.5) is 0 Å². The van der Waals surface area contributed by atoms with Gasteiger partial charge in [0.15, 0.2) is 0 Å². The molecule has 3 nitrogen and oxygen atoms in total. The van der Waals surface area contributed by atoms with Crippen LogP contribution in [0.5, 0.6) is 0 Å². The van der Waals surface area contributed by atoms with Crippen LogP contribution in [0.2, 0.25) is 10.0 Å². The lowest BCUT2D eigenvalue weighted by molar-refractivity contribution is -0.124. The van der Waals surface area contributed by atoms with Crippen LogP contribution in [0.3, 0.4) is 0 Å². The first-order valence-corrected chi connectivity index (χ1v) is 7.22. The molecule has 0 heterocycles. The highest BCUT2D eigenvalue weighted by Crippen LogP contribution is 2.21. The molecule has 1 aromatic carbocycles. The smallest absolute Gasteiger partial charge is 0.224 e. The number of carbonyl (C=O) groups is 1. The molecule has 1 aromatic rings. The second-order valence-corrected chi connectivity index (χ2v) is 5.33. The number of amides is 1. The van der Waals surface area contributed by atoms with Gasteiger partial charge < -0.3 is 10.6 Å². The molecule has 0 aliphatic rings. The molecule has 0 aliphatic heterocycles. The zero-order valence-corrected chi connectivity index (χ0v) is 12.8. The van der Waals surface area contributed by atoms with E-state index in [2.05, 4.69) is 10.6 Å². The van der Waals surface area contributed by atoms with Gasteiger partial charge in [-0.05, 0) is 30.7 Å². The minimum Gasteiger partial charge on any atom is -0.355 e. The van der Waals surface area contributed by atoms with Crippen molar-refractivity contribution in [3.63, 3.8) is 0 Å². The Hall–Kier alpha value is -0.770. The largest absolute Gasteiger partial charge is 0.355 e. The summed E-state index contributed by atoms with van der Waals surface area (Å²) >= 11 is 11.9. The Morgan fingerprint density at radius 1 is 1.37 bits per heavy atom. The molecule has 0 aromatic heterocycles. The second kappa shape index (κ2) is 8.41. The third-order valence-corrected chi connectivity index (χ3v) is 3.44.